The van der Waals surface area contributed by atoms with Crippen molar-refractivity contribution in [2.45, 2.75) is 52.1 Å². The number of rotatable bonds is 5. The van der Waals surface area contributed by atoms with E-state index >= 15 is 0 Å². The number of piperidine rings is 1. The molecule has 0 bridgehead atoms. The number of nitrogens with zero attached hydrogens (tertiary/aromatic N) is 2. The molecule has 1 N–H and O–H groups in total. The van der Waals surface area contributed by atoms with Gasteiger partial charge in [0.15, 0.2) is 0 Å². The summed E-state index contributed by atoms with van der Waals surface area (Å²) in [6, 6.07) is 12.8. The van der Waals surface area contributed by atoms with Gasteiger partial charge in [0.05, 0.1) is 6.04 Å². The molecule has 2 aromatic rings. The van der Waals surface area contributed by atoms with Gasteiger partial charge < -0.3 is 10.2 Å². The van der Waals surface area contributed by atoms with Crippen molar-refractivity contribution in [1.82, 2.24) is 15.1 Å². The first-order valence-electron chi connectivity index (χ1n) is 12.5. The van der Waals surface area contributed by atoms with Crippen LogP contribution in [0.15, 0.2) is 48.5 Å². The molecule has 2 heterocycles. The van der Waals surface area contributed by atoms with E-state index in [0.717, 1.165) is 31.5 Å². The largest absolute Gasteiger partial charge is 0.337 e. The van der Waals surface area contributed by atoms with Crippen LogP contribution in [0.3, 0.4) is 0 Å². The summed E-state index contributed by atoms with van der Waals surface area (Å²) in [5.74, 6) is 0.0963. The normalized spacial score (nSPS) is 20.2. The highest BCUT2D eigenvalue weighted by Gasteiger charge is 2.41. The van der Waals surface area contributed by atoms with Crippen LogP contribution in [-0.4, -0.2) is 54.5 Å². The standard InChI is InChI=1S/C28H37F2N3O.2ClH/c1-28(2,3)25-19-32(16-17-33(25)26(34)18-20-12-14-31-15-13-20)27(21-8-10-22(29)11-9-21)23-6-4-5-7-24(23)30;;/h4-11,20,25,27,31H,12-19H2,1-3H3;2*1H/t25-,27?;;/m1../s1. The van der Waals surface area contributed by atoms with Crippen LogP contribution in [0.25, 0.3) is 0 Å². The number of carbonyl (C=O) groups is 1. The molecule has 0 aromatic heterocycles. The Morgan fingerprint density at radius 2 is 1.64 bits per heavy atom. The van der Waals surface area contributed by atoms with Crippen LogP contribution >= 0.6 is 24.8 Å². The summed E-state index contributed by atoms with van der Waals surface area (Å²) in [4.78, 5) is 17.7. The second-order valence-corrected chi connectivity index (χ2v) is 10.8. The Morgan fingerprint density at radius 3 is 2.25 bits per heavy atom. The summed E-state index contributed by atoms with van der Waals surface area (Å²) in [6.07, 6.45) is 2.70. The highest BCUT2D eigenvalue weighted by Crippen LogP contribution is 2.36. The van der Waals surface area contributed by atoms with Gasteiger partial charge in [0, 0.05) is 37.7 Å². The fourth-order valence-electron chi connectivity index (χ4n) is 5.46. The van der Waals surface area contributed by atoms with Gasteiger partial charge >= 0.3 is 0 Å². The lowest BCUT2D eigenvalue weighted by atomic mass is 9.82. The van der Waals surface area contributed by atoms with Crippen molar-refractivity contribution in [2.24, 2.45) is 11.3 Å². The summed E-state index contributed by atoms with van der Waals surface area (Å²) in [7, 11) is 0. The molecule has 1 unspecified atom stereocenters. The van der Waals surface area contributed by atoms with Crippen LogP contribution in [0, 0.1) is 23.0 Å². The Bertz CT molecular complexity index is 978. The summed E-state index contributed by atoms with van der Waals surface area (Å²) >= 11 is 0. The molecule has 200 valence electrons. The van der Waals surface area contributed by atoms with Gasteiger partial charge in [-0.15, -0.1) is 24.8 Å². The Morgan fingerprint density at radius 1 is 1.00 bits per heavy atom. The molecule has 0 radical (unpaired) electrons. The van der Waals surface area contributed by atoms with Gasteiger partial charge in [0.25, 0.3) is 0 Å². The number of hydrogen-bond donors (Lipinski definition) is 1. The van der Waals surface area contributed by atoms with Gasteiger partial charge in [-0.25, -0.2) is 8.78 Å². The maximum Gasteiger partial charge on any atom is 0.223 e. The van der Waals surface area contributed by atoms with Crippen LogP contribution in [0.1, 0.15) is 57.2 Å². The summed E-state index contributed by atoms with van der Waals surface area (Å²) in [5, 5.41) is 3.37. The SMILES string of the molecule is CC(C)(C)[C@H]1CN(C(c2ccc(F)cc2)c2ccccc2F)CCN1C(=O)CC1CCNCC1.Cl.Cl. The van der Waals surface area contributed by atoms with Gasteiger partial charge in [-0.05, 0) is 61.0 Å². The lowest BCUT2D eigenvalue weighted by Gasteiger charge is -2.49. The lowest BCUT2D eigenvalue weighted by Crippen LogP contribution is -2.60. The zero-order valence-corrected chi connectivity index (χ0v) is 23.0. The molecule has 0 spiro atoms. The molecule has 36 heavy (non-hydrogen) atoms. The van der Waals surface area contributed by atoms with E-state index in [2.05, 4.69) is 35.9 Å². The molecular weight excluding hydrogens is 503 g/mol. The number of hydrogen-bond acceptors (Lipinski definition) is 3. The minimum atomic E-state index is -0.340. The van der Waals surface area contributed by atoms with Crippen LogP contribution in [0.4, 0.5) is 8.78 Å². The lowest BCUT2D eigenvalue weighted by molar-refractivity contribution is -0.141. The van der Waals surface area contributed by atoms with Crippen LogP contribution < -0.4 is 5.32 Å². The molecule has 4 nitrogen and oxygen atoms in total. The third kappa shape index (κ3) is 7.18. The van der Waals surface area contributed by atoms with E-state index in [1.807, 2.05) is 12.1 Å². The minimum Gasteiger partial charge on any atom is -0.337 e. The highest BCUT2D eigenvalue weighted by atomic mass is 35.5. The summed E-state index contributed by atoms with van der Waals surface area (Å²) in [5.41, 5.74) is 1.30. The smallest absolute Gasteiger partial charge is 0.223 e. The van der Waals surface area contributed by atoms with Gasteiger partial charge in [0.1, 0.15) is 11.6 Å². The van der Waals surface area contributed by atoms with Crippen molar-refractivity contribution >= 4 is 30.7 Å². The predicted molar refractivity (Wildman–Crippen MR) is 146 cm³/mol. The Kier molecular flexibility index (Phi) is 11.2. The molecule has 2 aromatic carbocycles. The van der Waals surface area contributed by atoms with Crippen molar-refractivity contribution in [2.75, 3.05) is 32.7 Å². The summed E-state index contributed by atoms with van der Waals surface area (Å²) in [6.45, 7) is 10.4. The number of nitrogens with one attached hydrogen (secondary N) is 1. The van der Waals surface area contributed by atoms with Crippen LogP contribution in [0.5, 0.6) is 0 Å². The zero-order valence-electron chi connectivity index (χ0n) is 21.4. The Balaban J connectivity index is 0.00000228. The third-order valence-corrected chi connectivity index (χ3v) is 7.40. The molecule has 8 heteroatoms. The molecule has 4 rings (SSSR count). The maximum atomic E-state index is 15.0. The van der Waals surface area contributed by atoms with Crippen molar-refractivity contribution < 1.29 is 13.6 Å². The fraction of sp³-hybridized carbons (Fsp3) is 0.536. The van der Waals surface area contributed by atoms with Crippen LogP contribution in [0.2, 0.25) is 0 Å². The maximum absolute atomic E-state index is 15.0. The second kappa shape index (κ2) is 13.2. The van der Waals surface area contributed by atoms with E-state index in [9.17, 15) is 13.6 Å². The Labute approximate surface area is 226 Å². The van der Waals surface area contributed by atoms with Crippen LogP contribution in [-0.2, 0) is 4.79 Å². The van der Waals surface area contributed by atoms with Gasteiger partial charge in [-0.3, -0.25) is 9.69 Å². The Hall–Kier alpha value is -1.73. The number of benzene rings is 2. The van der Waals surface area contributed by atoms with Gasteiger partial charge in [0.2, 0.25) is 5.91 Å². The average molecular weight is 543 g/mol. The van der Waals surface area contributed by atoms with Crippen molar-refractivity contribution in [3.05, 3.63) is 71.3 Å². The average Bonchev–Trinajstić information content (AvgIpc) is 2.81. The fourth-order valence-corrected chi connectivity index (χ4v) is 5.46. The molecule has 2 aliphatic rings. The molecule has 1 amide bonds. The monoisotopic (exact) mass is 541 g/mol. The van der Waals surface area contributed by atoms with E-state index in [1.54, 1.807) is 18.2 Å². The zero-order chi connectivity index (χ0) is 24.3. The number of halogens is 4. The van der Waals surface area contributed by atoms with E-state index in [-0.39, 0.29) is 59.9 Å². The molecule has 2 saturated heterocycles. The quantitative estimate of drug-likeness (QED) is 0.515. The third-order valence-electron chi connectivity index (χ3n) is 7.40. The van der Waals surface area contributed by atoms with Crippen molar-refractivity contribution in [3.8, 4) is 0 Å². The van der Waals surface area contributed by atoms with E-state index in [0.29, 0.717) is 37.5 Å². The molecule has 2 fully saturated rings. The van der Waals surface area contributed by atoms with Gasteiger partial charge in [-0.1, -0.05) is 51.1 Å². The first kappa shape index (κ1) is 30.5. The topological polar surface area (TPSA) is 35.6 Å². The van der Waals surface area contributed by atoms with Crippen molar-refractivity contribution in [3.63, 3.8) is 0 Å². The minimum absolute atomic E-state index is 0. The second-order valence-electron chi connectivity index (χ2n) is 10.8. The van der Waals surface area contributed by atoms with E-state index in [4.69, 9.17) is 0 Å². The van der Waals surface area contributed by atoms with E-state index in [1.165, 1.54) is 18.2 Å². The van der Waals surface area contributed by atoms with Crippen molar-refractivity contribution in [1.29, 1.82) is 0 Å². The number of amides is 1. The first-order valence-corrected chi connectivity index (χ1v) is 12.5. The molecule has 0 saturated carbocycles. The molecule has 2 aliphatic heterocycles. The molecular formula is C28H39Cl2F2N3O. The predicted octanol–water partition coefficient (Wildman–Crippen LogP) is 5.85. The molecule has 0 aliphatic carbocycles. The summed E-state index contributed by atoms with van der Waals surface area (Å²) < 4.78 is 28.7. The molecule has 2 atom stereocenters. The van der Waals surface area contributed by atoms with E-state index < -0.39 is 0 Å². The van der Waals surface area contributed by atoms with Gasteiger partial charge in [-0.2, -0.15) is 0 Å². The first-order chi connectivity index (χ1) is 16.2. The number of carbonyl (C=O) groups excluding carboxylic acids is 1. The highest BCUT2D eigenvalue weighted by molar-refractivity contribution is 5.85. The number of piperazine rings is 1.